The van der Waals surface area contributed by atoms with Gasteiger partial charge >= 0.3 is 0 Å². The molecule has 1 amide bonds. The molecule has 6 nitrogen and oxygen atoms in total. The SMILES string of the molecule is C=CCOC[C@H](O)CN(CCC(C)C)CC(=O)N1CCc2sccc2[C@@H]1COc1ccc(F)cc1. The van der Waals surface area contributed by atoms with Crippen molar-refractivity contribution in [3.05, 3.63) is 64.6 Å². The Balaban J connectivity index is 1.68. The van der Waals surface area contributed by atoms with Crippen molar-refractivity contribution in [1.82, 2.24) is 9.80 Å². The van der Waals surface area contributed by atoms with Crippen molar-refractivity contribution < 1.29 is 23.8 Å². The Kier molecular flexibility index (Phi) is 10.7. The quantitative estimate of drug-likeness (QED) is 0.307. The molecule has 2 heterocycles. The van der Waals surface area contributed by atoms with Gasteiger partial charge in [-0.05, 0) is 66.6 Å². The van der Waals surface area contributed by atoms with E-state index >= 15 is 0 Å². The molecular weight excluding hydrogens is 467 g/mol. The normalized spacial score (nSPS) is 16.4. The highest BCUT2D eigenvalue weighted by molar-refractivity contribution is 7.10. The number of aliphatic hydroxyl groups is 1. The van der Waals surface area contributed by atoms with Gasteiger partial charge in [-0.2, -0.15) is 0 Å². The van der Waals surface area contributed by atoms with E-state index in [1.807, 2.05) is 9.80 Å². The fraction of sp³-hybridized carbons (Fsp3) is 0.519. The second-order valence-corrected chi connectivity index (χ2v) is 10.3. The van der Waals surface area contributed by atoms with Gasteiger partial charge < -0.3 is 19.5 Å². The molecule has 0 bridgehead atoms. The molecule has 1 aliphatic rings. The molecule has 0 radical (unpaired) electrons. The zero-order chi connectivity index (χ0) is 25.2. The third kappa shape index (κ3) is 8.42. The van der Waals surface area contributed by atoms with Crippen molar-refractivity contribution in [2.45, 2.75) is 38.8 Å². The average Bonchev–Trinajstić information content (AvgIpc) is 3.31. The van der Waals surface area contributed by atoms with Crippen LogP contribution in [0.5, 0.6) is 5.75 Å². The van der Waals surface area contributed by atoms with Crippen molar-refractivity contribution in [3.8, 4) is 5.75 Å². The van der Waals surface area contributed by atoms with Crippen LogP contribution in [0.4, 0.5) is 4.39 Å². The fourth-order valence-electron chi connectivity index (χ4n) is 4.18. The summed E-state index contributed by atoms with van der Waals surface area (Å²) in [5.74, 6) is 0.757. The highest BCUT2D eigenvalue weighted by Gasteiger charge is 2.33. The number of ether oxygens (including phenoxy) is 2. The molecule has 0 saturated heterocycles. The summed E-state index contributed by atoms with van der Waals surface area (Å²) >= 11 is 1.70. The lowest BCUT2D eigenvalue weighted by atomic mass is 10.00. The standard InChI is InChI=1S/C27H37FN2O4S/c1-4-14-33-18-22(31)16-29(12-9-20(2)3)17-27(32)30-13-10-26-24(11-15-35-26)25(30)19-34-23-7-5-21(28)6-8-23/h4-8,11,15,20,22,25,31H,1,9-10,12-14,16-19H2,2-3H3/t22-,25+/m1/s1. The molecule has 3 rings (SSSR count). The molecule has 2 atom stereocenters. The van der Waals surface area contributed by atoms with Gasteiger partial charge in [-0.15, -0.1) is 17.9 Å². The van der Waals surface area contributed by atoms with Crippen LogP contribution in [0.25, 0.3) is 0 Å². The summed E-state index contributed by atoms with van der Waals surface area (Å²) in [6, 6.07) is 7.79. The number of fused-ring (bicyclic) bond motifs is 1. The first-order chi connectivity index (χ1) is 16.9. The minimum Gasteiger partial charge on any atom is -0.491 e. The van der Waals surface area contributed by atoms with Gasteiger partial charge in [0.15, 0.2) is 0 Å². The third-order valence-electron chi connectivity index (χ3n) is 6.03. The fourth-order valence-corrected chi connectivity index (χ4v) is 5.10. The van der Waals surface area contributed by atoms with Gasteiger partial charge in [0.2, 0.25) is 5.91 Å². The van der Waals surface area contributed by atoms with E-state index in [9.17, 15) is 14.3 Å². The van der Waals surface area contributed by atoms with Crippen LogP contribution in [-0.2, 0) is 16.0 Å². The largest absolute Gasteiger partial charge is 0.491 e. The number of rotatable bonds is 14. The smallest absolute Gasteiger partial charge is 0.237 e. The minimum atomic E-state index is -0.683. The maximum absolute atomic E-state index is 13.5. The number of nitrogens with zero attached hydrogens (tertiary/aromatic N) is 2. The molecule has 1 aromatic carbocycles. The van der Waals surface area contributed by atoms with E-state index < -0.39 is 6.10 Å². The molecular formula is C27H37FN2O4S. The van der Waals surface area contributed by atoms with Crippen molar-refractivity contribution in [2.24, 2.45) is 5.92 Å². The molecule has 192 valence electrons. The zero-order valence-corrected chi connectivity index (χ0v) is 21.5. The molecule has 1 N–H and O–H groups in total. The number of thiophene rings is 1. The minimum absolute atomic E-state index is 0.0116. The van der Waals surface area contributed by atoms with Crippen LogP contribution >= 0.6 is 11.3 Å². The first kappa shape index (κ1) is 27.3. The summed E-state index contributed by atoms with van der Waals surface area (Å²) < 4.78 is 24.6. The Hall–Kier alpha value is -2.26. The summed E-state index contributed by atoms with van der Waals surface area (Å²) in [4.78, 5) is 18.7. The highest BCUT2D eigenvalue weighted by Crippen LogP contribution is 2.34. The van der Waals surface area contributed by atoms with Crippen LogP contribution in [0.3, 0.4) is 0 Å². The predicted molar refractivity (Wildman–Crippen MR) is 137 cm³/mol. The Morgan fingerprint density at radius 2 is 2.11 bits per heavy atom. The molecule has 1 aliphatic heterocycles. The number of carbonyl (C=O) groups is 1. The van der Waals surface area contributed by atoms with Crippen LogP contribution in [0.2, 0.25) is 0 Å². The van der Waals surface area contributed by atoms with Crippen LogP contribution < -0.4 is 4.74 Å². The predicted octanol–water partition coefficient (Wildman–Crippen LogP) is 4.30. The van der Waals surface area contributed by atoms with Crippen LogP contribution in [-0.4, -0.2) is 72.9 Å². The Morgan fingerprint density at radius 1 is 1.34 bits per heavy atom. The molecule has 0 saturated carbocycles. The van der Waals surface area contributed by atoms with E-state index in [0.29, 0.717) is 38.0 Å². The van der Waals surface area contributed by atoms with E-state index in [0.717, 1.165) is 24.9 Å². The van der Waals surface area contributed by atoms with Crippen molar-refractivity contribution in [1.29, 1.82) is 0 Å². The van der Waals surface area contributed by atoms with E-state index in [4.69, 9.17) is 9.47 Å². The van der Waals surface area contributed by atoms with E-state index in [2.05, 4.69) is 31.9 Å². The maximum atomic E-state index is 13.5. The van der Waals surface area contributed by atoms with Crippen LogP contribution in [0, 0.1) is 11.7 Å². The Bertz CT molecular complexity index is 934. The van der Waals surface area contributed by atoms with Crippen LogP contribution in [0.1, 0.15) is 36.8 Å². The topological polar surface area (TPSA) is 62.2 Å². The molecule has 1 aromatic heterocycles. The first-order valence-corrected chi connectivity index (χ1v) is 13.1. The first-order valence-electron chi connectivity index (χ1n) is 12.2. The monoisotopic (exact) mass is 504 g/mol. The lowest BCUT2D eigenvalue weighted by Crippen LogP contribution is -2.48. The highest BCUT2D eigenvalue weighted by atomic mass is 32.1. The average molecular weight is 505 g/mol. The second-order valence-electron chi connectivity index (χ2n) is 9.31. The number of hydrogen-bond donors (Lipinski definition) is 1. The molecule has 35 heavy (non-hydrogen) atoms. The molecule has 0 fully saturated rings. The van der Waals surface area contributed by atoms with Gasteiger partial charge in [0.25, 0.3) is 0 Å². The number of amides is 1. The Morgan fingerprint density at radius 3 is 2.83 bits per heavy atom. The number of hydrogen-bond acceptors (Lipinski definition) is 6. The summed E-state index contributed by atoms with van der Waals surface area (Å²) in [7, 11) is 0. The van der Waals surface area contributed by atoms with Crippen molar-refractivity contribution in [2.75, 3.05) is 46.0 Å². The lowest BCUT2D eigenvalue weighted by Gasteiger charge is -2.37. The number of benzene rings is 1. The van der Waals surface area contributed by atoms with Gasteiger partial charge in [0.1, 0.15) is 18.2 Å². The third-order valence-corrected chi connectivity index (χ3v) is 7.03. The van der Waals surface area contributed by atoms with E-state index in [1.165, 1.54) is 17.0 Å². The Labute approximate surface area is 212 Å². The molecule has 2 aromatic rings. The van der Waals surface area contributed by atoms with Gasteiger partial charge in [0.05, 0.1) is 31.9 Å². The zero-order valence-electron chi connectivity index (χ0n) is 20.7. The number of aliphatic hydroxyl groups excluding tert-OH is 1. The van der Waals surface area contributed by atoms with Gasteiger partial charge in [-0.3, -0.25) is 9.69 Å². The van der Waals surface area contributed by atoms with Crippen molar-refractivity contribution >= 4 is 17.2 Å². The summed E-state index contributed by atoms with van der Waals surface area (Å²) in [5, 5.41) is 12.5. The molecule has 0 spiro atoms. The second kappa shape index (κ2) is 13.7. The summed E-state index contributed by atoms with van der Waals surface area (Å²) in [6.07, 6.45) is 2.71. The van der Waals surface area contributed by atoms with E-state index in [-0.39, 0.29) is 30.9 Å². The van der Waals surface area contributed by atoms with E-state index in [1.54, 1.807) is 29.5 Å². The number of carbonyl (C=O) groups excluding carboxylic acids is 1. The maximum Gasteiger partial charge on any atom is 0.237 e. The van der Waals surface area contributed by atoms with Gasteiger partial charge in [-0.25, -0.2) is 4.39 Å². The summed E-state index contributed by atoms with van der Waals surface area (Å²) in [5.41, 5.74) is 1.11. The van der Waals surface area contributed by atoms with Gasteiger partial charge in [0, 0.05) is 18.0 Å². The summed E-state index contributed by atoms with van der Waals surface area (Å²) in [6.45, 7) is 10.7. The molecule has 0 aliphatic carbocycles. The van der Waals surface area contributed by atoms with Gasteiger partial charge in [-0.1, -0.05) is 19.9 Å². The molecule has 0 unspecified atom stereocenters. The number of halogens is 1. The van der Waals surface area contributed by atoms with Crippen molar-refractivity contribution in [3.63, 3.8) is 0 Å². The lowest BCUT2D eigenvalue weighted by molar-refractivity contribution is -0.136. The molecule has 8 heteroatoms. The van der Waals surface area contributed by atoms with Crippen LogP contribution in [0.15, 0.2) is 48.4 Å².